The molecule has 4 N–H and O–H groups in total. The number of carbonyl (C=O) groups is 1. The number of hydrogen-bond acceptors (Lipinski definition) is 3. The van der Waals surface area contributed by atoms with Gasteiger partial charge < -0.3 is 15.4 Å². The Bertz CT molecular complexity index is 244. The first-order valence-electron chi connectivity index (χ1n) is 5.41. The summed E-state index contributed by atoms with van der Waals surface area (Å²) in [6, 6.07) is -0.302. The van der Waals surface area contributed by atoms with E-state index in [1.54, 1.807) is 0 Å². The van der Waals surface area contributed by atoms with E-state index in [1.165, 1.54) is 0 Å². The van der Waals surface area contributed by atoms with E-state index in [0.29, 0.717) is 18.2 Å². The first-order valence-corrected chi connectivity index (χ1v) is 5.82. The molecule has 1 aliphatic rings. The Morgan fingerprint density at radius 3 is 2.88 bits per heavy atom. The van der Waals surface area contributed by atoms with Crippen molar-refractivity contribution in [3.05, 3.63) is 0 Å². The molecule has 2 amide bonds. The van der Waals surface area contributed by atoms with Gasteiger partial charge in [-0.3, -0.25) is 5.43 Å². The molecule has 0 aliphatic carbocycles. The monoisotopic (exact) mass is 246 g/mol. The minimum atomic E-state index is -0.302. The second kappa shape index (κ2) is 7.24. The fourth-order valence-electron chi connectivity index (χ4n) is 1.37. The first kappa shape index (κ1) is 13.0. The standard InChI is InChI=1S/C9H18N4O2S/c1-2-10-8(14)12-13-9(16)11-6-7-4-3-5-15-7/h7H,2-6H2,1H3,(H2,10,12,14)(H2,11,13,16). The third-order valence-corrected chi connectivity index (χ3v) is 2.39. The quantitative estimate of drug-likeness (QED) is 0.412. The van der Waals surface area contributed by atoms with Crippen LogP contribution in [-0.4, -0.2) is 36.9 Å². The fraction of sp³-hybridized carbons (Fsp3) is 0.778. The molecule has 6 nitrogen and oxygen atoms in total. The second-order valence-corrected chi connectivity index (χ2v) is 3.86. The average molecular weight is 246 g/mol. The highest BCUT2D eigenvalue weighted by molar-refractivity contribution is 7.80. The number of urea groups is 1. The van der Waals surface area contributed by atoms with Crippen molar-refractivity contribution in [3.63, 3.8) is 0 Å². The van der Waals surface area contributed by atoms with Crippen LogP contribution in [0, 0.1) is 0 Å². The maximum Gasteiger partial charge on any atom is 0.333 e. The lowest BCUT2D eigenvalue weighted by atomic mass is 10.2. The van der Waals surface area contributed by atoms with Gasteiger partial charge in [-0.25, -0.2) is 10.2 Å². The van der Waals surface area contributed by atoms with Crippen LogP contribution in [-0.2, 0) is 4.74 Å². The van der Waals surface area contributed by atoms with Crippen molar-refractivity contribution < 1.29 is 9.53 Å². The van der Waals surface area contributed by atoms with E-state index < -0.39 is 0 Å². The van der Waals surface area contributed by atoms with Crippen LogP contribution in [0.5, 0.6) is 0 Å². The smallest absolute Gasteiger partial charge is 0.333 e. The molecular formula is C9H18N4O2S. The van der Waals surface area contributed by atoms with Crippen LogP contribution in [0.3, 0.4) is 0 Å². The van der Waals surface area contributed by atoms with Crippen LogP contribution >= 0.6 is 12.2 Å². The van der Waals surface area contributed by atoms with Gasteiger partial charge in [-0.2, -0.15) is 0 Å². The zero-order valence-corrected chi connectivity index (χ0v) is 10.2. The molecule has 1 unspecified atom stereocenters. The molecule has 1 atom stereocenters. The van der Waals surface area contributed by atoms with Gasteiger partial charge in [0.05, 0.1) is 6.10 Å². The lowest BCUT2D eigenvalue weighted by Crippen LogP contribution is -2.51. The zero-order chi connectivity index (χ0) is 11.8. The molecule has 0 radical (unpaired) electrons. The molecular weight excluding hydrogens is 228 g/mol. The molecule has 0 saturated carbocycles. The van der Waals surface area contributed by atoms with Crippen LogP contribution in [0.25, 0.3) is 0 Å². The largest absolute Gasteiger partial charge is 0.376 e. The summed E-state index contributed by atoms with van der Waals surface area (Å²) in [6.07, 6.45) is 2.38. The summed E-state index contributed by atoms with van der Waals surface area (Å²) >= 11 is 4.97. The van der Waals surface area contributed by atoms with Crippen molar-refractivity contribution in [3.8, 4) is 0 Å². The van der Waals surface area contributed by atoms with Gasteiger partial charge in [0.2, 0.25) is 0 Å². The Balaban J connectivity index is 2.04. The molecule has 7 heteroatoms. The molecule has 1 aliphatic heterocycles. The number of carbonyl (C=O) groups excluding carboxylic acids is 1. The van der Waals surface area contributed by atoms with Gasteiger partial charge in [0.1, 0.15) is 0 Å². The summed E-state index contributed by atoms with van der Waals surface area (Å²) in [5.74, 6) is 0. The van der Waals surface area contributed by atoms with E-state index >= 15 is 0 Å². The Hall–Kier alpha value is -1.08. The summed E-state index contributed by atoms with van der Waals surface area (Å²) in [5.41, 5.74) is 5.01. The van der Waals surface area contributed by atoms with Crippen molar-refractivity contribution in [2.75, 3.05) is 19.7 Å². The molecule has 1 rings (SSSR count). The van der Waals surface area contributed by atoms with Crippen LogP contribution in [0.2, 0.25) is 0 Å². The summed E-state index contributed by atoms with van der Waals surface area (Å²) in [4.78, 5) is 11.0. The Labute approximate surface area is 100 Å². The van der Waals surface area contributed by atoms with Gasteiger partial charge in [-0.1, -0.05) is 0 Å². The van der Waals surface area contributed by atoms with Crippen molar-refractivity contribution >= 4 is 23.4 Å². The number of amides is 2. The lowest BCUT2D eigenvalue weighted by molar-refractivity contribution is 0.114. The van der Waals surface area contributed by atoms with Crippen LogP contribution < -0.4 is 21.5 Å². The normalized spacial score (nSPS) is 18.9. The highest BCUT2D eigenvalue weighted by Crippen LogP contribution is 2.10. The van der Waals surface area contributed by atoms with Gasteiger partial charge in [0, 0.05) is 19.7 Å². The minimum Gasteiger partial charge on any atom is -0.376 e. The summed E-state index contributed by atoms with van der Waals surface area (Å²) in [6.45, 7) is 3.91. The molecule has 0 aromatic carbocycles. The van der Waals surface area contributed by atoms with Gasteiger partial charge in [0.25, 0.3) is 0 Å². The number of rotatable bonds is 3. The predicted octanol–water partition coefficient (Wildman–Crippen LogP) is -0.136. The molecule has 0 aromatic rings. The summed E-state index contributed by atoms with van der Waals surface area (Å²) < 4.78 is 5.42. The summed E-state index contributed by atoms with van der Waals surface area (Å²) in [5, 5.41) is 5.94. The molecule has 1 fully saturated rings. The Morgan fingerprint density at radius 1 is 1.44 bits per heavy atom. The van der Waals surface area contributed by atoms with E-state index in [0.717, 1.165) is 19.4 Å². The van der Waals surface area contributed by atoms with E-state index in [2.05, 4.69) is 21.5 Å². The molecule has 0 bridgehead atoms. The highest BCUT2D eigenvalue weighted by Gasteiger charge is 2.15. The van der Waals surface area contributed by atoms with Crippen molar-refractivity contribution in [2.45, 2.75) is 25.9 Å². The number of hydrogen-bond donors (Lipinski definition) is 4. The number of hydrazine groups is 1. The minimum absolute atomic E-state index is 0.226. The van der Waals surface area contributed by atoms with Crippen molar-refractivity contribution in [2.24, 2.45) is 0 Å². The fourth-order valence-corrected chi connectivity index (χ4v) is 1.51. The first-order chi connectivity index (χ1) is 7.72. The Kier molecular flexibility index (Phi) is 5.87. The zero-order valence-electron chi connectivity index (χ0n) is 9.34. The van der Waals surface area contributed by atoms with Crippen molar-refractivity contribution in [1.29, 1.82) is 0 Å². The predicted molar refractivity (Wildman–Crippen MR) is 64.9 cm³/mol. The third kappa shape index (κ3) is 5.13. The second-order valence-electron chi connectivity index (χ2n) is 3.45. The average Bonchev–Trinajstić information content (AvgIpc) is 2.77. The topological polar surface area (TPSA) is 74.4 Å². The number of nitrogens with one attached hydrogen (secondary N) is 4. The summed E-state index contributed by atoms with van der Waals surface area (Å²) in [7, 11) is 0. The van der Waals surface area contributed by atoms with Crippen molar-refractivity contribution in [1.82, 2.24) is 21.5 Å². The van der Waals surface area contributed by atoms with Crippen LogP contribution in [0.4, 0.5) is 4.79 Å². The van der Waals surface area contributed by atoms with Crippen LogP contribution in [0.15, 0.2) is 0 Å². The molecule has 16 heavy (non-hydrogen) atoms. The van der Waals surface area contributed by atoms with E-state index in [1.807, 2.05) is 6.92 Å². The van der Waals surface area contributed by atoms with Crippen LogP contribution in [0.1, 0.15) is 19.8 Å². The Morgan fingerprint density at radius 2 is 2.25 bits per heavy atom. The molecule has 0 aromatic heterocycles. The molecule has 1 heterocycles. The van der Waals surface area contributed by atoms with Gasteiger partial charge in [-0.15, -0.1) is 0 Å². The maximum atomic E-state index is 11.0. The SMILES string of the molecule is CCNC(=O)NNC(=S)NCC1CCCO1. The lowest BCUT2D eigenvalue weighted by Gasteiger charge is -2.14. The highest BCUT2D eigenvalue weighted by atomic mass is 32.1. The van der Waals surface area contributed by atoms with Gasteiger partial charge >= 0.3 is 6.03 Å². The maximum absolute atomic E-state index is 11.0. The van der Waals surface area contributed by atoms with E-state index in [-0.39, 0.29) is 12.1 Å². The molecule has 0 spiro atoms. The van der Waals surface area contributed by atoms with E-state index in [9.17, 15) is 4.79 Å². The number of thiocarbonyl (C=S) groups is 1. The third-order valence-electron chi connectivity index (χ3n) is 2.14. The van der Waals surface area contributed by atoms with Gasteiger partial charge in [0.15, 0.2) is 5.11 Å². The van der Waals surface area contributed by atoms with E-state index in [4.69, 9.17) is 17.0 Å². The molecule has 1 saturated heterocycles. The molecule has 92 valence electrons. The number of ether oxygens (including phenoxy) is 1. The van der Waals surface area contributed by atoms with Gasteiger partial charge in [-0.05, 0) is 32.0 Å².